The number of aryl methyl sites for hydroxylation is 1. The van der Waals surface area contributed by atoms with E-state index in [4.69, 9.17) is 4.74 Å². The minimum atomic E-state index is -3.71. The molecular weight excluding hydrogens is 434 g/mol. The van der Waals surface area contributed by atoms with Crippen LogP contribution in [0.2, 0.25) is 0 Å². The topological polar surface area (TPSA) is 79.0 Å². The highest BCUT2D eigenvalue weighted by Gasteiger charge is 2.28. The van der Waals surface area contributed by atoms with E-state index in [-0.39, 0.29) is 10.8 Å². The molecule has 1 amide bonds. The van der Waals surface area contributed by atoms with Crippen molar-refractivity contribution in [1.82, 2.24) is 14.5 Å². The van der Waals surface area contributed by atoms with E-state index >= 15 is 0 Å². The summed E-state index contributed by atoms with van der Waals surface area (Å²) in [5, 5.41) is 4.95. The predicted molar refractivity (Wildman–Crippen MR) is 124 cm³/mol. The number of ether oxygens (including phenoxy) is 1. The van der Waals surface area contributed by atoms with Gasteiger partial charge in [-0.25, -0.2) is 8.42 Å². The zero-order valence-electron chi connectivity index (χ0n) is 18.4. The summed E-state index contributed by atoms with van der Waals surface area (Å²) in [6.45, 7) is 10.6. The van der Waals surface area contributed by atoms with Crippen molar-refractivity contribution >= 4 is 27.3 Å². The first-order valence-corrected chi connectivity index (χ1v) is 13.0. The maximum absolute atomic E-state index is 13.3. The van der Waals surface area contributed by atoms with Gasteiger partial charge in [0.15, 0.2) is 0 Å². The summed E-state index contributed by atoms with van der Waals surface area (Å²) in [5.74, 6) is -0.263. The Kier molecular flexibility index (Phi) is 8.23. The molecule has 170 valence electrons. The Hall–Kier alpha value is -1.78. The molecule has 1 aromatic heterocycles. The van der Waals surface area contributed by atoms with E-state index in [1.807, 2.05) is 18.4 Å². The number of likely N-dealkylation sites (N-methyl/N-ethyl adjacent to an activating group) is 1. The number of carbonyl (C=O) groups excluding carboxylic acids is 1. The molecule has 0 spiro atoms. The molecule has 0 saturated carbocycles. The van der Waals surface area contributed by atoms with Crippen LogP contribution in [0.5, 0.6) is 0 Å². The van der Waals surface area contributed by atoms with Crippen LogP contribution < -0.4 is 5.32 Å². The fourth-order valence-corrected chi connectivity index (χ4v) is 5.88. The van der Waals surface area contributed by atoms with E-state index in [1.54, 1.807) is 12.1 Å². The Morgan fingerprint density at radius 2 is 1.87 bits per heavy atom. The number of nitrogens with one attached hydrogen (secondary N) is 1. The summed E-state index contributed by atoms with van der Waals surface area (Å²) in [6, 6.07) is 6.94. The van der Waals surface area contributed by atoms with Crippen molar-refractivity contribution in [3.63, 3.8) is 0 Å². The molecule has 1 aliphatic rings. The fourth-order valence-electron chi connectivity index (χ4n) is 3.51. The number of rotatable bonds is 9. The highest BCUT2D eigenvalue weighted by Crippen LogP contribution is 2.31. The third-order valence-corrected chi connectivity index (χ3v) is 8.37. The molecule has 1 aliphatic heterocycles. The summed E-state index contributed by atoms with van der Waals surface area (Å²) in [7, 11) is -3.71. The van der Waals surface area contributed by atoms with Gasteiger partial charge in [0.25, 0.3) is 5.91 Å². The van der Waals surface area contributed by atoms with E-state index in [0.29, 0.717) is 38.4 Å². The highest BCUT2D eigenvalue weighted by atomic mass is 32.2. The first-order chi connectivity index (χ1) is 14.8. The molecule has 2 heterocycles. The minimum absolute atomic E-state index is 0.145. The molecule has 0 atom stereocenters. The van der Waals surface area contributed by atoms with Crippen molar-refractivity contribution in [2.45, 2.75) is 25.7 Å². The largest absolute Gasteiger partial charge is 0.379 e. The van der Waals surface area contributed by atoms with Crippen LogP contribution in [0, 0.1) is 6.92 Å². The number of amides is 1. The van der Waals surface area contributed by atoms with E-state index < -0.39 is 10.0 Å². The SMILES string of the molecule is CCN(CC)CCNC(=O)c1cc(-c2cc(C)cs2)cc(S(=O)(=O)N2CCOCC2)c1. The van der Waals surface area contributed by atoms with E-state index in [2.05, 4.69) is 24.1 Å². The Morgan fingerprint density at radius 1 is 1.16 bits per heavy atom. The van der Waals surface area contributed by atoms with Crippen molar-refractivity contribution in [2.24, 2.45) is 0 Å². The van der Waals surface area contributed by atoms with Crippen LogP contribution in [0.1, 0.15) is 29.8 Å². The van der Waals surface area contributed by atoms with Gasteiger partial charge in [-0.2, -0.15) is 4.31 Å². The molecule has 1 saturated heterocycles. The van der Waals surface area contributed by atoms with Crippen LogP contribution in [-0.2, 0) is 14.8 Å². The Bertz CT molecular complexity index is 994. The number of hydrogen-bond donors (Lipinski definition) is 1. The molecule has 0 bridgehead atoms. The number of thiophene rings is 1. The summed E-state index contributed by atoms with van der Waals surface area (Å²) in [5.41, 5.74) is 2.20. The van der Waals surface area contributed by atoms with Gasteiger partial charge < -0.3 is 15.0 Å². The maximum atomic E-state index is 13.3. The molecule has 1 N–H and O–H groups in total. The summed E-state index contributed by atoms with van der Waals surface area (Å²) < 4.78 is 33.3. The molecule has 0 radical (unpaired) electrons. The molecule has 1 aromatic carbocycles. The third-order valence-electron chi connectivity index (χ3n) is 5.40. The number of sulfonamides is 1. The minimum Gasteiger partial charge on any atom is -0.379 e. The van der Waals surface area contributed by atoms with Gasteiger partial charge in [-0.1, -0.05) is 13.8 Å². The fraction of sp³-hybridized carbons (Fsp3) is 0.500. The maximum Gasteiger partial charge on any atom is 0.251 e. The van der Waals surface area contributed by atoms with Gasteiger partial charge >= 0.3 is 0 Å². The molecule has 0 aliphatic carbocycles. The van der Waals surface area contributed by atoms with Gasteiger partial charge in [0.1, 0.15) is 0 Å². The average molecular weight is 466 g/mol. The second-order valence-corrected chi connectivity index (χ2v) is 10.4. The van der Waals surface area contributed by atoms with Crippen molar-refractivity contribution in [2.75, 3.05) is 52.5 Å². The van der Waals surface area contributed by atoms with Crippen LogP contribution in [0.15, 0.2) is 34.5 Å². The van der Waals surface area contributed by atoms with Crippen LogP contribution in [0.4, 0.5) is 0 Å². The summed E-state index contributed by atoms with van der Waals surface area (Å²) in [6.07, 6.45) is 0. The summed E-state index contributed by atoms with van der Waals surface area (Å²) in [4.78, 5) is 16.2. The molecular formula is C22H31N3O4S2. The van der Waals surface area contributed by atoms with Crippen molar-refractivity contribution in [1.29, 1.82) is 0 Å². The number of hydrogen-bond acceptors (Lipinski definition) is 6. The molecule has 0 unspecified atom stereocenters. The molecule has 1 fully saturated rings. The highest BCUT2D eigenvalue weighted by molar-refractivity contribution is 7.89. The lowest BCUT2D eigenvalue weighted by atomic mass is 10.1. The lowest BCUT2D eigenvalue weighted by molar-refractivity contribution is 0.0730. The van der Waals surface area contributed by atoms with Crippen molar-refractivity contribution in [3.05, 3.63) is 40.8 Å². The zero-order chi connectivity index (χ0) is 22.4. The second kappa shape index (κ2) is 10.7. The van der Waals surface area contributed by atoms with Crippen molar-refractivity contribution < 1.29 is 17.9 Å². The quantitative estimate of drug-likeness (QED) is 0.616. The first-order valence-electron chi connectivity index (χ1n) is 10.6. The second-order valence-electron chi connectivity index (χ2n) is 7.53. The van der Waals surface area contributed by atoms with Crippen LogP contribution in [0.3, 0.4) is 0 Å². The van der Waals surface area contributed by atoms with Gasteiger partial charge in [-0.05, 0) is 60.8 Å². The molecule has 9 heteroatoms. The number of benzene rings is 1. The number of carbonyl (C=O) groups is 1. The summed E-state index contributed by atoms with van der Waals surface area (Å²) >= 11 is 1.54. The molecule has 31 heavy (non-hydrogen) atoms. The standard InChI is InChI=1S/C22H31N3O4S2/c1-4-24(5-2)7-6-23-22(26)19-13-18(21-12-17(3)16-30-21)14-20(15-19)31(27,28)25-8-10-29-11-9-25/h12-16H,4-11H2,1-3H3,(H,23,26). The molecule has 3 rings (SSSR count). The van der Waals surface area contributed by atoms with E-state index in [9.17, 15) is 13.2 Å². The van der Waals surface area contributed by atoms with Gasteiger partial charge in [0, 0.05) is 36.6 Å². The van der Waals surface area contributed by atoms with Gasteiger partial charge in [0.05, 0.1) is 18.1 Å². The van der Waals surface area contributed by atoms with Crippen molar-refractivity contribution in [3.8, 4) is 10.4 Å². The van der Waals surface area contributed by atoms with Gasteiger partial charge in [-0.3, -0.25) is 4.79 Å². The number of nitrogens with zero attached hydrogens (tertiary/aromatic N) is 2. The lowest BCUT2D eigenvalue weighted by Gasteiger charge is -2.26. The van der Waals surface area contributed by atoms with E-state index in [1.165, 1.54) is 21.7 Å². The Labute approximate surface area is 189 Å². The van der Waals surface area contributed by atoms with Crippen LogP contribution >= 0.6 is 11.3 Å². The lowest BCUT2D eigenvalue weighted by Crippen LogP contribution is -2.40. The van der Waals surface area contributed by atoms with Crippen LogP contribution in [-0.4, -0.2) is 76.0 Å². The predicted octanol–water partition coefficient (Wildman–Crippen LogP) is 2.82. The molecule has 2 aromatic rings. The third kappa shape index (κ3) is 5.93. The smallest absolute Gasteiger partial charge is 0.251 e. The van der Waals surface area contributed by atoms with Gasteiger partial charge in [-0.15, -0.1) is 11.3 Å². The Morgan fingerprint density at radius 3 is 2.48 bits per heavy atom. The Balaban J connectivity index is 1.91. The van der Waals surface area contributed by atoms with Crippen LogP contribution in [0.25, 0.3) is 10.4 Å². The zero-order valence-corrected chi connectivity index (χ0v) is 20.0. The monoisotopic (exact) mass is 465 g/mol. The first kappa shape index (κ1) is 23.9. The average Bonchev–Trinajstić information content (AvgIpc) is 3.23. The van der Waals surface area contributed by atoms with E-state index in [0.717, 1.165) is 35.6 Å². The normalized spacial score (nSPS) is 15.4. The number of morpholine rings is 1. The molecule has 7 nitrogen and oxygen atoms in total. The van der Waals surface area contributed by atoms with Gasteiger partial charge in [0.2, 0.25) is 10.0 Å².